The molecule has 0 unspecified atom stereocenters. The van der Waals surface area contributed by atoms with Crippen LogP contribution in [-0.2, 0) is 28.5 Å². The lowest BCUT2D eigenvalue weighted by atomic mass is 9.60. The lowest BCUT2D eigenvalue weighted by Gasteiger charge is -2.56. The van der Waals surface area contributed by atoms with E-state index in [0.29, 0.717) is 58.5 Å². The Morgan fingerprint density at radius 2 is 1.32 bits per heavy atom. The van der Waals surface area contributed by atoms with Gasteiger partial charge < -0.3 is 28.8 Å². The van der Waals surface area contributed by atoms with Gasteiger partial charge in [0.2, 0.25) is 0 Å². The standard InChI is InChI=1S/C18H26O7/c19-13-15(5-1-9-22-15)17(7-3-11-24-17)18(8-4-12-25-18)16(14(20)21)6-2-10-23-16/h13H,1-12H2,(H,20,21)/t15-,16+,17-,18-/m0/s1. The minimum absolute atomic E-state index is 0.363. The Kier molecular flexibility index (Phi) is 4.18. The van der Waals surface area contributed by atoms with Crippen molar-refractivity contribution in [1.82, 2.24) is 0 Å². The summed E-state index contributed by atoms with van der Waals surface area (Å²) in [6.07, 6.45) is 5.64. The van der Waals surface area contributed by atoms with Gasteiger partial charge in [0.05, 0.1) is 0 Å². The SMILES string of the molecule is O=C[C@]1([C@]2([C@@]3([C@]4(C(=O)O)CCCO4)CCCO3)CCCO2)CCCO1. The summed E-state index contributed by atoms with van der Waals surface area (Å²) in [6, 6.07) is 0. The lowest BCUT2D eigenvalue weighted by molar-refractivity contribution is -0.294. The highest BCUT2D eigenvalue weighted by atomic mass is 16.6. The topological polar surface area (TPSA) is 91.3 Å². The molecule has 7 nitrogen and oxygen atoms in total. The fourth-order valence-corrected chi connectivity index (χ4v) is 5.70. The average molecular weight is 354 g/mol. The minimum Gasteiger partial charge on any atom is -0.479 e. The molecule has 0 spiro atoms. The summed E-state index contributed by atoms with van der Waals surface area (Å²) >= 11 is 0. The van der Waals surface area contributed by atoms with Crippen molar-refractivity contribution in [2.75, 3.05) is 26.4 Å². The fraction of sp³-hybridized carbons (Fsp3) is 0.889. The van der Waals surface area contributed by atoms with Crippen LogP contribution in [0, 0.1) is 0 Å². The molecule has 1 N–H and O–H groups in total. The summed E-state index contributed by atoms with van der Waals surface area (Å²) in [5, 5.41) is 10.2. The fourth-order valence-electron chi connectivity index (χ4n) is 5.70. The molecule has 0 radical (unpaired) electrons. The van der Waals surface area contributed by atoms with Crippen molar-refractivity contribution in [2.45, 2.75) is 73.8 Å². The number of aldehydes is 1. The third kappa shape index (κ3) is 2.01. The second-order valence-corrected chi connectivity index (χ2v) is 7.60. The summed E-state index contributed by atoms with van der Waals surface area (Å²) in [6.45, 7) is 1.77. The van der Waals surface area contributed by atoms with Gasteiger partial charge in [-0.25, -0.2) is 4.79 Å². The van der Waals surface area contributed by atoms with Crippen molar-refractivity contribution in [3.05, 3.63) is 0 Å². The summed E-state index contributed by atoms with van der Waals surface area (Å²) in [5.74, 6) is -1.03. The highest BCUT2D eigenvalue weighted by Crippen LogP contribution is 2.60. The van der Waals surface area contributed by atoms with Crippen molar-refractivity contribution in [3.8, 4) is 0 Å². The van der Waals surface area contributed by atoms with Crippen LogP contribution < -0.4 is 0 Å². The van der Waals surface area contributed by atoms with Crippen molar-refractivity contribution < 1.29 is 33.6 Å². The molecular weight excluding hydrogens is 328 g/mol. The maximum Gasteiger partial charge on any atom is 0.339 e. The monoisotopic (exact) mass is 354 g/mol. The van der Waals surface area contributed by atoms with E-state index in [1.807, 2.05) is 0 Å². The normalized spacial score (nSPS) is 47.4. The molecule has 0 amide bonds. The summed E-state index contributed by atoms with van der Waals surface area (Å²) < 4.78 is 24.4. The van der Waals surface area contributed by atoms with Crippen LogP contribution in [0.25, 0.3) is 0 Å². The molecule has 4 heterocycles. The smallest absolute Gasteiger partial charge is 0.339 e. The van der Waals surface area contributed by atoms with E-state index in [2.05, 4.69) is 0 Å². The van der Waals surface area contributed by atoms with Gasteiger partial charge in [-0.1, -0.05) is 0 Å². The van der Waals surface area contributed by atoms with E-state index in [4.69, 9.17) is 18.9 Å². The van der Waals surface area contributed by atoms with Gasteiger partial charge in [0, 0.05) is 26.4 Å². The van der Waals surface area contributed by atoms with Crippen molar-refractivity contribution in [2.24, 2.45) is 0 Å². The number of hydrogen-bond acceptors (Lipinski definition) is 6. The number of ether oxygens (including phenoxy) is 4. The van der Waals surface area contributed by atoms with Gasteiger partial charge in [-0.2, -0.15) is 0 Å². The van der Waals surface area contributed by atoms with Crippen LogP contribution in [0.3, 0.4) is 0 Å². The molecule has 7 heteroatoms. The minimum atomic E-state index is -1.49. The van der Waals surface area contributed by atoms with E-state index in [1.165, 1.54) is 0 Å². The molecular formula is C18H26O7. The largest absolute Gasteiger partial charge is 0.479 e. The van der Waals surface area contributed by atoms with Crippen molar-refractivity contribution in [3.63, 3.8) is 0 Å². The Bertz CT molecular complexity index is 534. The predicted octanol–water partition coefficient (Wildman–Crippen LogP) is 1.47. The van der Waals surface area contributed by atoms with Gasteiger partial charge in [-0.3, -0.25) is 0 Å². The molecule has 0 aromatic heterocycles. The molecule has 4 atom stereocenters. The molecule has 0 saturated carbocycles. The van der Waals surface area contributed by atoms with Crippen LogP contribution in [-0.4, -0.2) is 66.2 Å². The van der Waals surface area contributed by atoms with Crippen LogP contribution in [0.4, 0.5) is 0 Å². The maximum absolute atomic E-state index is 12.4. The van der Waals surface area contributed by atoms with E-state index in [9.17, 15) is 14.7 Å². The maximum atomic E-state index is 12.4. The molecule has 140 valence electrons. The number of carboxylic acid groups (broad SMARTS) is 1. The molecule has 4 saturated heterocycles. The molecule has 25 heavy (non-hydrogen) atoms. The predicted molar refractivity (Wildman–Crippen MR) is 85.4 cm³/mol. The van der Waals surface area contributed by atoms with Crippen LogP contribution >= 0.6 is 0 Å². The third-order valence-corrected chi connectivity index (χ3v) is 6.64. The summed E-state index contributed by atoms with van der Waals surface area (Å²) in [4.78, 5) is 24.7. The zero-order valence-electron chi connectivity index (χ0n) is 14.5. The average Bonchev–Trinajstić information content (AvgIpc) is 3.42. The van der Waals surface area contributed by atoms with Gasteiger partial charge in [0.25, 0.3) is 0 Å². The van der Waals surface area contributed by atoms with Crippen LogP contribution in [0.15, 0.2) is 0 Å². The number of carbonyl (C=O) groups excluding carboxylic acids is 1. The first-order valence-electron chi connectivity index (χ1n) is 9.34. The Morgan fingerprint density at radius 3 is 1.76 bits per heavy atom. The van der Waals surface area contributed by atoms with E-state index >= 15 is 0 Å². The molecule has 4 aliphatic rings. The highest BCUT2D eigenvalue weighted by molar-refractivity contribution is 5.81. The Morgan fingerprint density at radius 1 is 0.760 bits per heavy atom. The van der Waals surface area contributed by atoms with Crippen LogP contribution in [0.1, 0.15) is 51.4 Å². The molecule has 0 aromatic rings. The third-order valence-electron chi connectivity index (χ3n) is 6.64. The number of hydrogen-bond donors (Lipinski definition) is 1. The zero-order chi connectivity index (χ0) is 17.6. The van der Waals surface area contributed by atoms with Gasteiger partial charge in [-0.05, 0) is 51.4 Å². The van der Waals surface area contributed by atoms with E-state index in [1.54, 1.807) is 0 Å². The van der Waals surface area contributed by atoms with Crippen LogP contribution in [0.2, 0.25) is 0 Å². The molecule has 4 fully saturated rings. The van der Waals surface area contributed by atoms with Gasteiger partial charge >= 0.3 is 5.97 Å². The van der Waals surface area contributed by atoms with Crippen LogP contribution in [0.5, 0.6) is 0 Å². The summed E-state index contributed by atoms with van der Waals surface area (Å²) in [5.41, 5.74) is -4.97. The van der Waals surface area contributed by atoms with Crippen molar-refractivity contribution in [1.29, 1.82) is 0 Å². The Hall–Kier alpha value is -1.02. The van der Waals surface area contributed by atoms with E-state index < -0.39 is 28.4 Å². The van der Waals surface area contributed by atoms with Gasteiger partial charge in [-0.15, -0.1) is 0 Å². The van der Waals surface area contributed by atoms with E-state index in [0.717, 1.165) is 25.5 Å². The zero-order valence-corrected chi connectivity index (χ0v) is 14.5. The first-order valence-corrected chi connectivity index (χ1v) is 9.34. The number of rotatable bonds is 5. The van der Waals surface area contributed by atoms with Gasteiger partial charge in [0.15, 0.2) is 17.5 Å². The number of carbonyl (C=O) groups is 2. The molecule has 0 bridgehead atoms. The second kappa shape index (κ2) is 6.01. The lowest BCUT2D eigenvalue weighted by Crippen LogP contribution is -2.77. The van der Waals surface area contributed by atoms with Crippen molar-refractivity contribution >= 4 is 12.3 Å². The Balaban J connectivity index is 1.91. The molecule has 4 rings (SSSR count). The quantitative estimate of drug-likeness (QED) is 0.748. The molecule has 4 aliphatic heterocycles. The summed E-state index contributed by atoms with van der Waals surface area (Å²) in [7, 11) is 0. The number of aliphatic carboxylic acids is 1. The van der Waals surface area contributed by atoms with E-state index in [-0.39, 0.29) is 0 Å². The number of carboxylic acids is 1. The first-order chi connectivity index (χ1) is 12.1. The highest BCUT2D eigenvalue weighted by Gasteiger charge is 2.78. The molecule has 0 aliphatic carbocycles. The molecule has 0 aromatic carbocycles. The Labute approximate surface area is 146 Å². The van der Waals surface area contributed by atoms with Gasteiger partial charge in [0.1, 0.15) is 11.2 Å². The first kappa shape index (κ1) is 17.4. The second-order valence-electron chi connectivity index (χ2n) is 7.60.